The highest BCUT2D eigenvalue weighted by atomic mass is 16.5. The smallest absolute Gasteiger partial charge is 0.272 e. The van der Waals surface area contributed by atoms with Crippen molar-refractivity contribution in [3.05, 3.63) is 17.8 Å². The number of hydrogen-bond acceptors (Lipinski definition) is 5. The lowest BCUT2D eigenvalue weighted by Crippen LogP contribution is -2.33. The van der Waals surface area contributed by atoms with Gasteiger partial charge in [-0.3, -0.25) is 4.79 Å². The van der Waals surface area contributed by atoms with Crippen LogP contribution in [0.2, 0.25) is 0 Å². The molecule has 0 bridgehead atoms. The Labute approximate surface area is 112 Å². The number of methoxy groups -OCH3 is 1. The van der Waals surface area contributed by atoms with Crippen molar-refractivity contribution in [2.24, 2.45) is 0 Å². The van der Waals surface area contributed by atoms with E-state index in [9.17, 15) is 4.79 Å². The molecule has 0 aliphatic heterocycles. The van der Waals surface area contributed by atoms with Crippen LogP contribution in [-0.4, -0.2) is 42.4 Å². The van der Waals surface area contributed by atoms with Crippen LogP contribution in [0.15, 0.2) is 12.1 Å². The van der Waals surface area contributed by atoms with E-state index in [1.165, 1.54) is 12.8 Å². The highest BCUT2D eigenvalue weighted by Gasteiger charge is 2.18. The molecular weight excluding hydrogens is 244 g/mol. The first-order valence-corrected chi connectivity index (χ1v) is 6.67. The standard InChI is InChI=1S/C13H20N4O2/c1-19-9-8-14-12-7-6-11(16-17-12)13(18)15-10-4-2-3-5-10/h6-7,10H,2-5,8-9H2,1H3,(H,14,17)(H,15,18). The lowest BCUT2D eigenvalue weighted by molar-refractivity contribution is 0.0932. The van der Waals surface area contributed by atoms with Gasteiger partial charge in [0, 0.05) is 19.7 Å². The Morgan fingerprint density at radius 2 is 2.16 bits per heavy atom. The Morgan fingerprint density at radius 3 is 2.79 bits per heavy atom. The van der Waals surface area contributed by atoms with Crippen LogP contribution in [0.25, 0.3) is 0 Å². The van der Waals surface area contributed by atoms with E-state index in [0.29, 0.717) is 30.7 Å². The third-order valence-electron chi connectivity index (χ3n) is 3.20. The number of carbonyl (C=O) groups excluding carboxylic acids is 1. The van der Waals surface area contributed by atoms with Gasteiger partial charge in [0.1, 0.15) is 5.82 Å². The molecule has 2 rings (SSSR count). The van der Waals surface area contributed by atoms with E-state index in [0.717, 1.165) is 12.8 Å². The van der Waals surface area contributed by atoms with E-state index in [2.05, 4.69) is 20.8 Å². The van der Waals surface area contributed by atoms with Gasteiger partial charge in [-0.05, 0) is 25.0 Å². The van der Waals surface area contributed by atoms with Crippen LogP contribution in [0.5, 0.6) is 0 Å². The van der Waals surface area contributed by atoms with E-state index < -0.39 is 0 Å². The molecule has 1 heterocycles. The fraction of sp³-hybridized carbons (Fsp3) is 0.615. The van der Waals surface area contributed by atoms with Crippen molar-refractivity contribution in [2.45, 2.75) is 31.7 Å². The van der Waals surface area contributed by atoms with Crippen LogP contribution in [0.3, 0.4) is 0 Å². The average Bonchev–Trinajstić information content (AvgIpc) is 2.93. The van der Waals surface area contributed by atoms with Gasteiger partial charge in [0.25, 0.3) is 5.91 Å². The molecule has 1 aliphatic rings. The number of nitrogens with zero attached hydrogens (tertiary/aromatic N) is 2. The Kier molecular flexibility index (Phi) is 5.09. The molecule has 6 nitrogen and oxygen atoms in total. The van der Waals surface area contributed by atoms with Crippen LogP contribution >= 0.6 is 0 Å². The van der Waals surface area contributed by atoms with Crippen molar-refractivity contribution in [3.8, 4) is 0 Å². The van der Waals surface area contributed by atoms with Gasteiger partial charge in [-0.25, -0.2) is 0 Å². The monoisotopic (exact) mass is 264 g/mol. The third-order valence-corrected chi connectivity index (χ3v) is 3.20. The summed E-state index contributed by atoms with van der Waals surface area (Å²) in [6, 6.07) is 3.74. The maximum atomic E-state index is 11.9. The lowest BCUT2D eigenvalue weighted by atomic mass is 10.2. The predicted molar refractivity (Wildman–Crippen MR) is 72.1 cm³/mol. The highest BCUT2D eigenvalue weighted by Crippen LogP contribution is 2.17. The van der Waals surface area contributed by atoms with Gasteiger partial charge >= 0.3 is 0 Å². The maximum absolute atomic E-state index is 11.9. The number of carbonyl (C=O) groups is 1. The predicted octanol–water partition coefficient (Wildman–Crippen LogP) is 1.21. The molecule has 1 amide bonds. The van der Waals surface area contributed by atoms with Crippen molar-refractivity contribution in [1.29, 1.82) is 0 Å². The zero-order valence-corrected chi connectivity index (χ0v) is 11.2. The molecule has 1 fully saturated rings. The number of anilines is 1. The quantitative estimate of drug-likeness (QED) is 0.755. The van der Waals surface area contributed by atoms with Gasteiger partial charge in [-0.2, -0.15) is 0 Å². The van der Waals surface area contributed by atoms with Crippen molar-refractivity contribution in [3.63, 3.8) is 0 Å². The van der Waals surface area contributed by atoms with E-state index >= 15 is 0 Å². The molecule has 1 saturated carbocycles. The van der Waals surface area contributed by atoms with Crippen molar-refractivity contribution >= 4 is 11.7 Å². The lowest BCUT2D eigenvalue weighted by Gasteiger charge is -2.11. The fourth-order valence-corrected chi connectivity index (χ4v) is 2.16. The largest absolute Gasteiger partial charge is 0.383 e. The Bertz CT molecular complexity index is 402. The molecule has 0 atom stereocenters. The summed E-state index contributed by atoms with van der Waals surface area (Å²) in [5.74, 6) is 0.511. The van der Waals surface area contributed by atoms with Gasteiger partial charge in [-0.1, -0.05) is 12.8 Å². The van der Waals surface area contributed by atoms with Crippen molar-refractivity contribution in [2.75, 3.05) is 25.6 Å². The Hall–Kier alpha value is -1.69. The number of nitrogens with one attached hydrogen (secondary N) is 2. The first kappa shape index (κ1) is 13.7. The molecule has 1 aromatic heterocycles. The van der Waals surface area contributed by atoms with Gasteiger partial charge in [0.05, 0.1) is 6.61 Å². The summed E-state index contributed by atoms with van der Waals surface area (Å²) in [6.45, 7) is 1.27. The third kappa shape index (κ3) is 4.17. The number of rotatable bonds is 6. The minimum Gasteiger partial charge on any atom is -0.383 e. The topological polar surface area (TPSA) is 76.1 Å². The van der Waals surface area contributed by atoms with E-state index in [4.69, 9.17) is 4.74 Å². The van der Waals surface area contributed by atoms with Crippen LogP contribution in [0.4, 0.5) is 5.82 Å². The van der Waals surface area contributed by atoms with Gasteiger partial charge in [0.2, 0.25) is 0 Å². The molecule has 1 aliphatic carbocycles. The van der Waals surface area contributed by atoms with Gasteiger partial charge < -0.3 is 15.4 Å². The summed E-state index contributed by atoms with van der Waals surface area (Å²) in [4.78, 5) is 11.9. The molecule has 0 unspecified atom stereocenters. The minimum atomic E-state index is -0.136. The minimum absolute atomic E-state index is 0.136. The fourth-order valence-electron chi connectivity index (χ4n) is 2.16. The van der Waals surface area contributed by atoms with Crippen LogP contribution < -0.4 is 10.6 Å². The second-order valence-corrected chi connectivity index (χ2v) is 4.68. The molecule has 0 spiro atoms. The molecule has 2 N–H and O–H groups in total. The number of ether oxygens (including phenoxy) is 1. The number of amides is 1. The number of hydrogen-bond donors (Lipinski definition) is 2. The summed E-state index contributed by atoms with van der Waals surface area (Å²) in [7, 11) is 1.64. The van der Waals surface area contributed by atoms with Gasteiger partial charge in [-0.15, -0.1) is 10.2 Å². The van der Waals surface area contributed by atoms with Crippen LogP contribution in [0.1, 0.15) is 36.2 Å². The van der Waals surface area contributed by atoms with E-state index in [-0.39, 0.29) is 5.91 Å². The molecular formula is C13H20N4O2. The second kappa shape index (κ2) is 7.04. The number of aromatic nitrogens is 2. The molecule has 19 heavy (non-hydrogen) atoms. The Balaban J connectivity index is 1.84. The van der Waals surface area contributed by atoms with Crippen molar-refractivity contribution in [1.82, 2.24) is 15.5 Å². The second-order valence-electron chi connectivity index (χ2n) is 4.68. The summed E-state index contributed by atoms with van der Waals surface area (Å²) < 4.78 is 4.93. The molecule has 0 aromatic carbocycles. The van der Waals surface area contributed by atoms with Crippen molar-refractivity contribution < 1.29 is 9.53 Å². The molecule has 0 radical (unpaired) electrons. The van der Waals surface area contributed by atoms with E-state index in [1.54, 1.807) is 19.2 Å². The highest BCUT2D eigenvalue weighted by molar-refractivity contribution is 5.92. The zero-order valence-electron chi connectivity index (χ0n) is 11.2. The van der Waals surface area contributed by atoms with E-state index in [1.807, 2.05) is 0 Å². The normalized spacial score (nSPS) is 15.4. The van der Waals surface area contributed by atoms with Crippen LogP contribution in [0, 0.1) is 0 Å². The first-order chi connectivity index (χ1) is 9.29. The molecule has 0 saturated heterocycles. The maximum Gasteiger partial charge on any atom is 0.272 e. The summed E-state index contributed by atoms with van der Waals surface area (Å²) >= 11 is 0. The summed E-state index contributed by atoms with van der Waals surface area (Å²) in [5, 5.41) is 13.9. The Morgan fingerprint density at radius 1 is 1.37 bits per heavy atom. The molecule has 6 heteroatoms. The summed E-state index contributed by atoms with van der Waals surface area (Å²) in [6.07, 6.45) is 4.52. The zero-order chi connectivity index (χ0) is 13.5. The first-order valence-electron chi connectivity index (χ1n) is 6.67. The summed E-state index contributed by atoms with van der Waals surface area (Å²) in [5.41, 5.74) is 0.365. The molecule has 104 valence electrons. The SMILES string of the molecule is COCCNc1ccc(C(=O)NC2CCCC2)nn1. The molecule has 1 aromatic rings. The van der Waals surface area contributed by atoms with Crippen LogP contribution in [-0.2, 0) is 4.74 Å². The van der Waals surface area contributed by atoms with Gasteiger partial charge in [0.15, 0.2) is 5.69 Å². The average molecular weight is 264 g/mol.